The molecule has 3 aromatic rings. The van der Waals surface area contributed by atoms with Crippen LogP contribution in [-0.4, -0.2) is 19.1 Å². The fourth-order valence-electron chi connectivity index (χ4n) is 2.33. The van der Waals surface area contributed by atoms with Crippen molar-refractivity contribution in [2.75, 3.05) is 24.3 Å². The van der Waals surface area contributed by atoms with Crippen molar-refractivity contribution in [2.24, 2.45) is 0 Å². The minimum atomic E-state index is 0.985. The molecule has 0 amide bonds. The van der Waals surface area contributed by atoms with E-state index in [-0.39, 0.29) is 0 Å². The van der Waals surface area contributed by atoms with Crippen LogP contribution in [0.1, 0.15) is 0 Å². The van der Waals surface area contributed by atoms with Gasteiger partial charge in [-0.1, -0.05) is 30.3 Å². The lowest BCUT2D eigenvalue weighted by Crippen LogP contribution is -2.11. The van der Waals surface area contributed by atoms with Crippen molar-refractivity contribution in [2.45, 2.75) is 0 Å². The number of aromatic nitrogens is 1. The third kappa shape index (κ3) is 2.30. The van der Waals surface area contributed by atoms with Crippen LogP contribution < -0.4 is 10.2 Å². The van der Waals surface area contributed by atoms with E-state index in [1.165, 1.54) is 5.39 Å². The second kappa shape index (κ2) is 5.21. The van der Waals surface area contributed by atoms with Gasteiger partial charge in [-0.05, 0) is 24.3 Å². The smallest absolute Gasteiger partial charge is 0.135 e. The largest absolute Gasteiger partial charge is 0.362 e. The molecule has 0 radical (unpaired) electrons. The van der Waals surface area contributed by atoms with E-state index in [0.29, 0.717) is 0 Å². The molecule has 0 saturated heterocycles. The third-order valence-corrected chi connectivity index (χ3v) is 3.26. The van der Waals surface area contributed by atoms with Crippen LogP contribution in [-0.2, 0) is 0 Å². The second-order valence-electron chi connectivity index (χ2n) is 4.92. The molecule has 0 spiro atoms. The minimum absolute atomic E-state index is 0.985. The van der Waals surface area contributed by atoms with Crippen LogP contribution in [0, 0.1) is 0 Å². The van der Waals surface area contributed by atoms with Crippen molar-refractivity contribution < 1.29 is 0 Å². The van der Waals surface area contributed by atoms with Crippen LogP contribution >= 0.6 is 0 Å². The first-order chi connectivity index (χ1) is 9.75. The predicted molar refractivity (Wildman–Crippen MR) is 85.8 cm³/mol. The van der Waals surface area contributed by atoms with Crippen molar-refractivity contribution in [1.29, 1.82) is 0 Å². The summed E-state index contributed by atoms with van der Waals surface area (Å²) in [6.45, 7) is 0. The Hall–Kier alpha value is -2.55. The molecule has 0 fully saturated rings. The van der Waals surface area contributed by atoms with Crippen LogP contribution in [0.25, 0.3) is 10.8 Å². The van der Waals surface area contributed by atoms with Crippen LogP contribution in [0.5, 0.6) is 0 Å². The molecule has 1 heterocycles. The van der Waals surface area contributed by atoms with E-state index in [1.807, 2.05) is 49.5 Å². The number of nitrogens with zero attached hydrogens (tertiary/aromatic N) is 2. The first kappa shape index (κ1) is 12.5. The van der Waals surface area contributed by atoms with Crippen LogP contribution in [0.15, 0.2) is 60.8 Å². The van der Waals surface area contributed by atoms with E-state index in [9.17, 15) is 0 Å². The molecule has 1 aromatic heterocycles. The number of anilines is 3. The number of hydrogen-bond donors (Lipinski definition) is 1. The Morgan fingerprint density at radius 1 is 0.850 bits per heavy atom. The molecule has 3 heteroatoms. The van der Waals surface area contributed by atoms with E-state index in [0.717, 1.165) is 22.6 Å². The normalized spacial score (nSPS) is 10.5. The summed E-state index contributed by atoms with van der Waals surface area (Å²) in [5, 5.41) is 5.79. The van der Waals surface area contributed by atoms with Crippen LogP contribution in [0.4, 0.5) is 17.2 Å². The average Bonchev–Trinajstić information content (AvgIpc) is 2.48. The monoisotopic (exact) mass is 263 g/mol. The van der Waals surface area contributed by atoms with Crippen LogP contribution in [0.3, 0.4) is 0 Å². The molecule has 2 aromatic carbocycles. The highest BCUT2D eigenvalue weighted by Gasteiger charge is 2.07. The van der Waals surface area contributed by atoms with Crippen molar-refractivity contribution in [3.8, 4) is 0 Å². The summed E-state index contributed by atoms with van der Waals surface area (Å²) in [5.74, 6) is 0.985. The SMILES string of the molecule is CN(C)c1nccc2c(Nc3ccccc3)cccc12. The standard InChI is InChI=1S/C17H17N3/c1-20(2)17-15-9-6-10-16(14(15)11-12-18-17)19-13-7-4-3-5-8-13/h3-12,19H,1-2H3. The number of benzene rings is 2. The summed E-state index contributed by atoms with van der Waals surface area (Å²) < 4.78 is 0. The quantitative estimate of drug-likeness (QED) is 0.773. The highest BCUT2D eigenvalue weighted by Crippen LogP contribution is 2.30. The number of fused-ring (bicyclic) bond motifs is 1. The van der Waals surface area contributed by atoms with E-state index in [4.69, 9.17) is 0 Å². The Balaban J connectivity index is 2.10. The lowest BCUT2D eigenvalue weighted by molar-refractivity contribution is 1.08. The topological polar surface area (TPSA) is 28.2 Å². The molecule has 0 aliphatic rings. The van der Waals surface area contributed by atoms with Crippen molar-refractivity contribution in [3.05, 3.63) is 60.8 Å². The summed E-state index contributed by atoms with van der Waals surface area (Å²) in [4.78, 5) is 6.49. The maximum Gasteiger partial charge on any atom is 0.135 e. The number of hydrogen-bond acceptors (Lipinski definition) is 3. The van der Waals surface area contributed by atoms with Gasteiger partial charge in [0.2, 0.25) is 0 Å². The van der Waals surface area contributed by atoms with Crippen molar-refractivity contribution in [3.63, 3.8) is 0 Å². The average molecular weight is 263 g/mol. The summed E-state index contributed by atoms with van der Waals surface area (Å²) >= 11 is 0. The molecule has 3 nitrogen and oxygen atoms in total. The summed E-state index contributed by atoms with van der Waals surface area (Å²) in [7, 11) is 4.03. The Kier molecular flexibility index (Phi) is 3.25. The van der Waals surface area contributed by atoms with E-state index >= 15 is 0 Å². The third-order valence-electron chi connectivity index (χ3n) is 3.26. The summed E-state index contributed by atoms with van der Waals surface area (Å²) in [6, 6.07) is 18.5. The van der Waals surface area contributed by atoms with Crippen molar-refractivity contribution in [1.82, 2.24) is 4.98 Å². The van der Waals surface area contributed by atoms with Gasteiger partial charge in [-0.3, -0.25) is 0 Å². The molecule has 0 unspecified atom stereocenters. The number of para-hydroxylation sites is 1. The van der Waals surface area contributed by atoms with Gasteiger partial charge in [0.15, 0.2) is 0 Å². The fraction of sp³-hybridized carbons (Fsp3) is 0.118. The number of rotatable bonds is 3. The van der Waals surface area contributed by atoms with Crippen molar-refractivity contribution >= 4 is 28.0 Å². The summed E-state index contributed by atoms with van der Waals surface area (Å²) in [6.07, 6.45) is 1.86. The molecule has 0 aliphatic carbocycles. The van der Waals surface area contributed by atoms with E-state index in [2.05, 4.69) is 40.6 Å². The molecule has 3 rings (SSSR count). The molecule has 1 N–H and O–H groups in total. The highest BCUT2D eigenvalue weighted by atomic mass is 15.1. The van der Waals surface area contributed by atoms with Gasteiger partial charge in [-0.25, -0.2) is 4.98 Å². The molecular weight excluding hydrogens is 246 g/mol. The zero-order valence-corrected chi connectivity index (χ0v) is 11.7. The first-order valence-electron chi connectivity index (χ1n) is 6.63. The molecular formula is C17H17N3. The van der Waals surface area contributed by atoms with Gasteiger partial charge < -0.3 is 10.2 Å². The maximum atomic E-state index is 4.45. The second-order valence-corrected chi connectivity index (χ2v) is 4.92. The van der Waals surface area contributed by atoms with Gasteiger partial charge in [0.05, 0.1) is 0 Å². The highest BCUT2D eigenvalue weighted by molar-refractivity contribution is 6.01. The lowest BCUT2D eigenvalue weighted by Gasteiger charge is -2.16. The molecule has 0 aliphatic heterocycles. The maximum absolute atomic E-state index is 4.45. The number of pyridine rings is 1. The molecule has 100 valence electrons. The Morgan fingerprint density at radius 2 is 1.65 bits per heavy atom. The zero-order valence-electron chi connectivity index (χ0n) is 11.7. The van der Waals surface area contributed by atoms with E-state index in [1.54, 1.807) is 0 Å². The van der Waals surface area contributed by atoms with E-state index < -0.39 is 0 Å². The lowest BCUT2D eigenvalue weighted by atomic mass is 10.1. The Labute approximate surface area is 118 Å². The van der Waals surface area contributed by atoms with Crippen LogP contribution in [0.2, 0.25) is 0 Å². The number of nitrogens with one attached hydrogen (secondary N) is 1. The van der Waals surface area contributed by atoms with Gasteiger partial charge in [0, 0.05) is 42.4 Å². The van der Waals surface area contributed by atoms with Gasteiger partial charge in [-0.15, -0.1) is 0 Å². The predicted octanol–water partition coefficient (Wildman–Crippen LogP) is 4.04. The molecule has 0 atom stereocenters. The molecule has 0 saturated carbocycles. The molecule has 0 bridgehead atoms. The Bertz CT molecular complexity index is 721. The minimum Gasteiger partial charge on any atom is -0.362 e. The zero-order chi connectivity index (χ0) is 13.9. The van der Waals surface area contributed by atoms with Gasteiger partial charge in [0.1, 0.15) is 5.82 Å². The van der Waals surface area contributed by atoms with Gasteiger partial charge in [-0.2, -0.15) is 0 Å². The fourth-order valence-corrected chi connectivity index (χ4v) is 2.33. The summed E-state index contributed by atoms with van der Waals surface area (Å²) in [5.41, 5.74) is 2.18. The first-order valence-corrected chi connectivity index (χ1v) is 6.63. The van der Waals surface area contributed by atoms with Gasteiger partial charge >= 0.3 is 0 Å². The van der Waals surface area contributed by atoms with Gasteiger partial charge in [0.25, 0.3) is 0 Å². The Morgan fingerprint density at radius 3 is 2.40 bits per heavy atom. The molecule has 20 heavy (non-hydrogen) atoms.